The van der Waals surface area contributed by atoms with Gasteiger partial charge in [0.05, 0.1) is 6.21 Å². The zero-order valence-electron chi connectivity index (χ0n) is 17.0. The second kappa shape index (κ2) is 11.4. The first kappa shape index (κ1) is 23.5. The average molecular weight is 479 g/mol. The molecule has 0 aliphatic rings. The maximum Gasteiger partial charge on any atom is 0.320 e. The largest absolute Gasteiger partial charge is 0.369 e. The first-order chi connectivity index (χ1) is 15.5. The van der Waals surface area contributed by atoms with Crippen LogP contribution in [0.25, 0.3) is 0 Å². The molecule has 1 heterocycles. The van der Waals surface area contributed by atoms with E-state index in [4.69, 9.17) is 23.2 Å². The first-order valence-corrected chi connectivity index (χ1v) is 10.8. The monoisotopic (exact) mass is 478 g/mol. The van der Waals surface area contributed by atoms with Crippen molar-refractivity contribution in [2.45, 2.75) is 6.54 Å². The number of amides is 1. The summed E-state index contributed by atoms with van der Waals surface area (Å²) in [6, 6.07) is 13.5. The Morgan fingerprint density at radius 2 is 1.84 bits per heavy atom. The number of halogens is 3. The molecular formula is C21H21Cl2FN6O2. The van der Waals surface area contributed by atoms with Crippen LogP contribution in [-0.4, -0.2) is 52.1 Å². The van der Waals surface area contributed by atoms with Gasteiger partial charge in [-0.25, -0.2) is 4.39 Å². The second-order valence-corrected chi connectivity index (χ2v) is 7.41. The fraction of sp³-hybridized carbons (Fsp3) is 0.238. The van der Waals surface area contributed by atoms with Crippen LogP contribution < -0.4 is 15.8 Å². The summed E-state index contributed by atoms with van der Waals surface area (Å²) in [5, 5.41) is 12.6. The number of benzene rings is 2. The van der Waals surface area contributed by atoms with Crippen LogP contribution in [0.5, 0.6) is 0 Å². The molecule has 0 aliphatic heterocycles. The molecule has 32 heavy (non-hydrogen) atoms. The summed E-state index contributed by atoms with van der Waals surface area (Å²) < 4.78 is 13.7. The summed E-state index contributed by atoms with van der Waals surface area (Å²) in [5.74, 6) is -0.208. The smallest absolute Gasteiger partial charge is 0.320 e. The third-order valence-electron chi connectivity index (χ3n) is 4.55. The molecule has 168 valence electrons. The minimum absolute atomic E-state index is 0.0715. The van der Waals surface area contributed by atoms with Gasteiger partial charge in [0, 0.05) is 42.6 Å². The van der Waals surface area contributed by atoms with E-state index in [9.17, 15) is 14.0 Å². The molecule has 2 N–H and O–H groups in total. The highest BCUT2D eigenvalue weighted by atomic mass is 35.5. The second-order valence-electron chi connectivity index (χ2n) is 6.65. The minimum Gasteiger partial charge on any atom is -0.369 e. The maximum absolute atomic E-state index is 13.7. The lowest BCUT2D eigenvalue weighted by molar-refractivity contribution is 0.0944. The standard InChI is InChI=1S/C21H21Cl2FN6O2/c22-9-11-29(12-10-23)17-7-5-15(6-8-17)13-26-30-21(32)19(27-28-30)20(31)25-14-16-3-1-2-4-18(16)24/h1-8,13,28H,9-12,14H2,(H,25,31). The van der Waals surface area contributed by atoms with Crippen molar-refractivity contribution >= 4 is 41.0 Å². The number of rotatable bonds is 10. The third kappa shape index (κ3) is 5.95. The Kier molecular flexibility index (Phi) is 8.41. The van der Waals surface area contributed by atoms with Gasteiger partial charge in [0.15, 0.2) is 0 Å². The van der Waals surface area contributed by atoms with E-state index in [2.05, 4.69) is 25.6 Å². The highest BCUT2D eigenvalue weighted by Gasteiger charge is 2.16. The lowest BCUT2D eigenvalue weighted by Gasteiger charge is -2.22. The molecule has 2 aromatic carbocycles. The molecule has 0 saturated carbocycles. The summed E-state index contributed by atoms with van der Waals surface area (Å²) in [6.45, 7) is 1.28. The zero-order valence-corrected chi connectivity index (χ0v) is 18.5. The van der Waals surface area contributed by atoms with Crippen molar-refractivity contribution in [2.75, 3.05) is 29.7 Å². The highest BCUT2D eigenvalue weighted by molar-refractivity contribution is 6.18. The predicted molar refractivity (Wildman–Crippen MR) is 124 cm³/mol. The van der Waals surface area contributed by atoms with Crippen molar-refractivity contribution in [2.24, 2.45) is 5.10 Å². The van der Waals surface area contributed by atoms with Crippen molar-refractivity contribution in [1.29, 1.82) is 0 Å². The number of aromatic amines is 1. The van der Waals surface area contributed by atoms with Gasteiger partial charge < -0.3 is 10.2 Å². The van der Waals surface area contributed by atoms with Gasteiger partial charge in [-0.1, -0.05) is 30.3 Å². The molecular weight excluding hydrogens is 458 g/mol. The highest BCUT2D eigenvalue weighted by Crippen LogP contribution is 2.15. The van der Waals surface area contributed by atoms with Crippen LogP contribution >= 0.6 is 23.2 Å². The van der Waals surface area contributed by atoms with E-state index in [0.717, 1.165) is 16.0 Å². The molecule has 3 aromatic rings. The van der Waals surface area contributed by atoms with Crippen LogP contribution in [0.1, 0.15) is 21.6 Å². The topological polar surface area (TPSA) is 95.4 Å². The van der Waals surface area contributed by atoms with Crippen LogP contribution in [0.2, 0.25) is 0 Å². The van der Waals surface area contributed by atoms with Crippen LogP contribution in [0, 0.1) is 5.82 Å². The Morgan fingerprint density at radius 3 is 2.50 bits per heavy atom. The summed E-state index contributed by atoms with van der Waals surface area (Å²) in [5.41, 5.74) is 0.910. The van der Waals surface area contributed by atoms with Crippen LogP contribution in [0.15, 0.2) is 58.4 Å². The van der Waals surface area contributed by atoms with Gasteiger partial charge in [-0.3, -0.25) is 9.59 Å². The maximum atomic E-state index is 13.7. The molecule has 8 nitrogen and oxygen atoms in total. The van der Waals surface area contributed by atoms with Crippen molar-refractivity contribution in [3.8, 4) is 0 Å². The fourth-order valence-corrected chi connectivity index (χ4v) is 3.30. The van der Waals surface area contributed by atoms with E-state index in [1.807, 2.05) is 24.3 Å². The third-order valence-corrected chi connectivity index (χ3v) is 4.89. The molecule has 0 atom stereocenters. The number of H-pyrrole nitrogens is 1. The number of hydrogen-bond acceptors (Lipinski definition) is 5. The van der Waals surface area contributed by atoms with Gasteiger partial charge >= 0.3 is 5.56 Å². The molecule has 11 heteroatoms. The summed E-state index contributed by atoms with van der Waals surface area (Å²) in [7, 11) is 0. The number of anilines is 1. The molecule has 1 amide bonds. The van der Waals surface area contributed by atoms with Crippen molar-refractivity contribution in [3.05, 3.63) is 81.5 Å². The number of nitrogens with one attached hydrogen (secondary N) is 2. The minimum atomic E-state index is -0.730. The van der Waals surface area contributed by atoms with E-state index in [1.165, 1.54) is 12.3 Å². The number of carbonyl (C=O) groups is 1. The predicted octanol–water partition coefficient (Wildman–Crippen LogP) is 2.81. The lowest BCUT2D eigenvalue weighted by atomic mass is 10.2. The van der Waals surface area contributed by atoms with E-state index >= 15 is 0 Å². The van der Waals surface area contributed by atoms with Gasteiger partial charge in [-0.2, -0.15) is 10.3 Å². The Bertz CT molecular complexity index is 1120. The molecule has 0 fully saturated rings. The normalized spacial score (nSPS) is 11.1. The van der Waals surface area contributed by atoms with Gasteiger partial charge in [-0.05, 0) is 23.8 Å². The molecule has 0 unspecified atom stereocenters. The molecule has 1 aromatic heterocycles. The lowest BCUT2D eigenvalue weighted by Crippen LogP contribution is -2.29. The van der Waals surface area contributed by atoms with Crippen molar-refractivity contribution in [3.63, 3.8) is 0 Å². The quantitative estimate of drug-likeness (QED) is 0.346. The summed E-state index contributed by atoms with van der Waals surface area (Å²) >= 11 is 11.7. The number of hydrogen-bond donors (Lipinski definition) is 2. The van der Waals surface area contributed by atoms with Gasteiger partial charge in [-0.15, -0.1) is 33.1 Å². The van der Waals surface area contributed by atoms with Gasteiger partial charge in [0.1, 0.15) is 5.82 Å². The summed E-state index contributed by atoms with van der Waals surface area (Å²) in [4.78, 5) is 27.5. The van der Waals surface area contributed by atoms with Crippen molar-refractivity contribution in [1.82, 2.24) is 20.4 Å². The van der Waals surface area contributed by atoms with Crippen LogP contribution in [0.4, 0.5) is 10.1 Å². The molecule has 0 radical (unpaired) electrons. The SMILES string of the molecule is O=C(NCc1ccccc1F)c1n[nH]n(N=Cc2ccc(N(CCCl)CCCl)cc2)c1=O. The number of nitrogens with zero attached hydrogens (tertiary/aromatic N) is 4. The molecule has 0 spiro atoms. The van der Waals surface area contributed by atoms with E-state index in [-0.39, 0.29) is 12.2 Å². The van der Waals surface area contributed by atoms with E-state index in [1.54, 1.807) is 18.2 Å². The Hall–Kier alpha value is -3.17. The van der Waals surface area contributed by atoms with Gasteiger partial charge in [0.25, 0.3) is 5.91 Å². The zero-order chi connectivity index (χ0) is 22.9. The Balaban J connectivity index is 1.65. The Labute approximate surface area is 193 Å². The molecule has 0 saturated heterocycles. The first-order valence-electron chi connectivity index (χ1n) is 9.73. The van der Waals surface area contributed by atoms with Crippen LogP contribution in [0.3, 0.4) is 0 Å². The van der Waals surface area contributed by atoms with E-state index in [0.29, 0.717) is 30.4 Å². The average Bonchev–Trinajstić information content (AvgIpc) is 3.17. The molecule has 3 rings (SSSR count). The van der Waals surface area contributed by atoms with Crippen LogP contribution in [-0.2, 0) is 6.54 Å². The summed E-state index contributed by atoms with van der Waals surface area (Å²) in [6.07, 6.45) is 1.46. The number of carbonyl (C=O) groups excluding carboxylic acids is 1. The molecule has 0 bridgehead atoms. The fourth-order valence-electron chi connectivity index (χ4n) is 2.89. The molecule has 0 aliphatic carbocycles. The van der Waals surface area contributed by atoms with Gasteiger partial charge in [0.2, 0.25) is 5.69 Å². The van der Waals surface area contributed by atoms with E-state index < -0.39 is 17.3 Å². The number of aromatic nitrogens is 3. The Morgan fingerprint density at radius 1 is 1.16 bits per heavy atom. The van der Waals surface area contributed by atoms with Crippen molar-refractivity contribution < 1.29 is 9.18 Å². The number of alkyl halides is 2.